The Morgan fingerprint density at radius 2 is 1.73 bits per heavy atom. The summed E-state index contributed by atoms with van der Waals surface area (Å²) in [5.74, 6) is 0.801. The maximum absolute atomic E-state index is 6.17. The smallest absolute Gasteiger partial charge is 0.143 e. The van der Waals surface area contributed by atoms with Gasteiger partial charge in [-0.2, -0.15) is 0 Å². The number of hydrogen-bond donors (Lipinski definition) is 1. The van der Waals surface area contributed by atoms with E-state index in [9.17, 15) is 0 Å². The summed E-state index contributed by atoms with van der Waals surface area (Å²) in [7, 11) is 0. The summed E-state index contributed by atoms with van der Waals surface area (Å²) in [6.45, 7) is 6.32. The Balaban J connectivity index is 1.87. The minimum atomic E-state index is 0.697. The molecule has 0 fully saturated rings. The van der Waals surface area contributed by atoms with Gasteiger partial charge in [0, 0.05) is 21.7 Å². The number of fused-ring (bicyclic) bond motifs is 1. The predicted molar refractivity (Wildman–Crippen MR) is 112 cm³/mol. The van der Waals surface area contributed by atoms with Crippen LogP contribution in [0.5, 0.6) is 0 Å². The first-order chi connectivity index (χ1) is 12.5. The van der Waals surface area contributed by atoms with E-state index < -0.39 is 0 Å². The molecule has 0 bridgehead atoms. The first-order valence-corrected chi connectivity index (χ1v) is 9.61. The van der Waals surface area contributed by atoms with Crippen molar-refractivity contribution >= 4 is 44.7 Å². The summed E-state index contributed by atoms with van der Waals surface area (Å²) in [6.07, 6.45) is 1.60. The zero-order valence-corrected chi connectivity index (χ0v) is 16.4. The Hall–Kier alpha value is -2.43. The van der Waals surface area contributed by atoms with Crippen molar-refractivity contribution in [2.24, 2.45) is 0 Å². The average Bonchev–Trinajstić information content (AvgIpc) is 3.06. The highest BCUT2D eigenvalue weighted by molar-refractivity contribution is 7.17. The molecule has 4 aromatic rings. The van der Waals surface area contributed by atoms with Crippen LogP contribution in [0.2, 0.25) is 5.02 Å². The molecule has 0 radical (unpaired) electrons. The SMILES string of the molecule is Cc1ccc(-c2csc3ncnc(Nc4cc(Cl)ccc4C)c23)cc1C. The van der Waals surface area contributed by atoms with Crippen LogP contribution in [0.15, 0.2) is 48.1 Å². The fourth-order valence-electron chi connectivity index (χ4n) is 2.95. The van der Waals surface area contributed by atoms with Gasteiger partial charge in [0.1, 0.15) is 17.0 Å². The number of aromatic nitrogens is 2. The molecular weight excluding hydrogens is 362 g/mol. The molecule has 0 unspecified atom stereocenters. The molecule has 0 saturated carbocycles. The van der Waals surface area contributed by atoms with Gasteiger partial charge < -0.3 is 5.32 Å². The lowest BCUT2D eigenvalue weighted by atomic mass is 10.0. The molecule has 0 atom stereocenters. The van der Waals surface area contributed by atoms with Gasteiger partial charge >= 0.3 is 0 Å². The Bertz CT molecular complexity index is 1120. The van der Waals surface area contributed by atoms with Crippen LogP contribution >= 0.6 is 22.9 Å². The van der Waals surface area contributed by atoms with Crippen LogP contribution in [0.1, 0.15) is 16.7 Å². The van der Waals surface area contributed by atoms with E-state index in [1.165, 1.54) is 16.7 Å². The van der Waals surface area contributed by atoms with Gasteiger partial charge in [0.15, 0.2) is 0 Å². The van der Waals surface area contributed by atoms with Crippen molar-refractivity contribution in [2.75, 3.05) is 5.32 Å². The topological polar surface area (TPSA) is 37.8 Å². The molecule has 2 aromatic carbocycles. The fraction of sp³-hybridized carbons (Fsp3) is 0.143. The first-order valence-electron chi connectivity index (χ1n) is 8.36. The van der Waals surface area contributed by atoms with E-state index in [1.54, 1.807) is 17.7 Å². The zero-order chi connectivity index (χ0) is 18.3. The van der Waals surface area contributed by atoms with E-state index >= 15 is 0 Å². The number of thiophene rings is 1. The summed E-state index contributed by atoms with van der Waals surface area (Å²) in [5.41, 5.74) is 6.96. The van der Waals surface area contributed by atoms with Crippen LogP contribution in [0.4, 0.5) is 11.5 Å². The minimum absolute atomic E-state index is 0.697. The van der Waals surface area contributed by atoms with Gasteiger partial charge in [-0.05, 0) is 55.2 Å². The largest absolute Gasteiger partial charge is 0.339 e. The van der Waals surface area contributed by atoms with E-state index in [4.69, 9.17) is 11.6 Å². The molecule has 5 heteroatoms. The number of aryl methyl sites for hydroxylation is 3. The second kappa shape index (κ2) is 6.71. The summed E-state index contributed by atoms with van der Waals surface area (Å²) in [4.78, 5) is 9.93. The minimum Gasteiger partial charge on any atom is -0.339 e. The lowest BCUT2D eigenvalue weighted by Crippen LogP contribution is -1.97. The number of anilines is 2. The molecule has 2 aromatic heterocycles. The van der Waals surface area contributed by atoms with Gasteiger partial charge in [-0.1, -0.05) is 35.9 Å². The number of benzene rings is 2. The van der Waals surface area contributed by atoms with Gasteiger partial charge in [0.05, 0.1) is 5.39 Å². The third kappa shape index (κ3) is 3.06. The van der Waals surface area contributed by atoms with Gasteiger partial charge in [0.2, 0.25) is 0 Å². The van der Waals surface area contributed by atoms with Gasteiger partial charge in [-0.15, -0.1) is 11.3 Å². The second-order valence-corrected chi connectivity index (χ2v) is 7.73. The Kier molecular flexibility index (Phi) is 4.39. The van der Waals surface area contributed by atoms with Crippen molar-refractivity contribution in [1.29, 1.82) is 0 Å². The standard InChI is InChI=1S/C21H18ClN3S/c1-12-4-6-15(8-14(12)3)17-10-26-21-19(17)20(23-11-24-21)25-18-9-16(22)7-5-13(18)2/h4-11H,1-3H3,(H,23,24,25). The van der Waals surface area contributed by atoms with Gasteiger partial charge in [-0.3, -0.25) is 0 Å². The van der Waals surface area contributed by atoms with Crippen LogP contribution < -0.4 is 5.32 Å². The molecule has 0 spiro atoms. The highest BCUT2D eigenvalue weighted by Gasteiger charge is 2.14. The monoisotopic (exact) mass is 379 g/mol. The maximum atomic E-state index is 6.17. The van der Waals surface area contributed by atoms with Crippen LogP contribution in [-0.4, -0.2) is 9.97 Å². The van der Waals surface area contributed by atoms with E-state index in [1.807, 2.05) is 18.2 Å². The number of nitrogens with zero attached hydrogens (tertiary/aromatic N) is 2. The fourth-order valence-corrected chi connectivity index (χ4v) is 4.04. The molecule has 1 N–H and O–H groups in total. The van der Waals surface area contributed by atoms with Crippen LogP contribution in [0.3, 0.4) is 0 Å². The second-order valence-electron chi connectivity index (χ2n) is 6.44. The number of hydrogen-bond acceptors (Lipinski definition) is 4. The number of halogens is 1. The molecule has 0 aliphatic rings. The summed E-state index contributed by atoms with van der Waals surface area (Å²) in [6, 6.07) is 12.4. The summed E-state index contributed by atoms with van der Waals surface area (Å²) < 4.78 is 0. The van der Waals surface area contributed by atoms with E-state index in [2.05, 4.69) is 59.6 Å². The third-order valence-corrected chi connectivity index (χ3v) is 5.76. The van der Waals surface area contributed by atoms with Crippen molar-refractivity contribution in [2.45, 2.75) is 20.8 Å². The Labute approximate surface area is 161 Å². The lowest BCUT2D eigenvalue weighted by Gasteiger charge is -2.11. The van der Waals surface area contributed by atoms with Gasteiger partial charge in [-0.25, -0.2) is 9.97 Å². The van der Waals surface area contributed by atoms with Gasteiger partial charge in [0.25, 0.3) is 0 Å². The maximum Gasteiger partial charge on any atom is 0.143 e. The van der Waals surface area contributed by atoms with Crippen LogP contribution in [0.25, 0.3) is 21.3 Å². The molecular formula is C21H18ClN3S. The quantitative estimate of drug-likeness (QED) is 0.431. The van der Waals surface area contributed by atoms with E-state index in [0.717, 1.165) is 32.8 Å². The van der Waals surface area contributed by atoms with E-state index in [0.29, 0.717) is 5.02 Å². The third-order valence-electron chi connectivity index (χ3n) is 4.64. The van der Waals surface area contributed by atoms with Crippen molar-refractivity contribution in [3.05, 3.63) is 69.8 Å². The molecule has 130 valence electrons. The first kappa shape index (κ1) is 17.0. The van der Waals surface area contributed by atoms with E-state index in [-0.39, 0.29) is 0 Å². The molecule has 0 saturated heterocycles. The average molecular weight is 380 g/mol. The molecule has 0 aliphatic heterocycles. The van der Waals surface area contributed by atoms with Crippen molar-refractivity contribution in [3.63, 3.8) is 0 Å². The molecule has 0 aliphatic carbocycles. The summed E-state index contributed by atoms with van der Waals surface area (Å²) >= 11 is 7.80. The van der Waals surface area contributed by atoms with Crippen molar-refractivity contribution in [1.82, 2.24) is 9.97 Å². The molecule has 2 heterocycles. The van der Waals surface area contributed by atoms with Crippen molar-refractivity contribution in [3.8, 4) is 11.1 Å². The summed E-state index contributed by atoms with van der Waals surface area (Å²) in [5, 5.41) is 7.34. The predicted octanol–water partition coefficient (Wildman–Crippen LogP) is 6.68. The van der Waals surface area contributed by atoms with Crippen LogP contribution in [-0.2, 0) is 0 Å². The Morgan fingerprint density at radius 1 is 0.923 bits per heavy atom. The highest BCUT2D eigenvalue weighted by Crippen LogP contribution is 2.38. The van der Waals surface area contributed by atoms with Crippen LogP contribution in [0, 0.1) is 20.8 Å². The zero-order valence-electron chi connectivity index (χ0n) is 14.8. The van der Waals surface area contributed by atoms with Crippen molar-refractivity contribution < 1.29 is 0 Å². The molecule has 3 nitrogen and oxygen atoms in total. The molecule has 0 amide bonds. The molecule has 4 rings (SSSR count). The number of rotatable bonds is 3. The molecule has 26 heavy (non-hydrogen) atoms. The lowest BCUT2D eigenvalue weighted by molar-refractivity contribution is 1.23. The normalized spacial score (nSPS) is 11.1. The highest BCUT2D eigenvalue weighted by atomic mass is 35.5. The number of nitrogens with one attached hydrogen (secondary N) is 1. The Morgan fingerprint density at radius 3 is 2.54 bits per heavy atom.